The minimum absolute atomic E-state index is 0.166. The van der Waals surface area contributed by atoms with Gasteiger partial charge in [0.15, 0.2) is 0 Å². The molecule has 7 aromatic heterocycles. The molecule has 3 aliphatic rings. The number of aliphatic hydroxyl groups is 4. The van der Waals surface area contributed by atoms with Crippen molar-refractivity contribution < 1.29 is 24.8 Å². The number of thioether (sulfide) groups is 3. The van der Waals surface area contributed by atoms with E-state index in [1.165, 1.54) is 23.6 Å². The number of hydrogen-bond acceptors (Lipinski definition) is 18. The van der Waals surface area contributed by atoms with Crippen LogP contribution in [0.25, 0.3) is 38.4 Å². The Hall–Kier alpha value is -4.08. The van der Waals surface area contributed by atoms with Gasteiger partial charge in [0.1, 0.15) is 21.9 Å². The van der Waals surface area contributed by atoms with Gasteiger partial charge in [0.25, 0.3) is 0 Å². The number of pyridine rings is 6. The number of benzene rings is 1. The van der Waals surface area contributed by atoms with E-state index in [9.17, 15) is 9.50 Å². The minimum atomic E-state index is -0.435. The maximum absolute atomic E-state index is 14.8. The summed E-state index contributed by atoms with van der Waals surface area (Å²) < 4.78 is 17.2. The summed E-state index contributed by atoms with van der Waals surface area (Å²) in [6, 6.07) is 24.2. The van der Waals surface area contributed by atoms with Gasteiger partial charge in [-0.3, -0.25) is 0 Å². The normalized spacial score (nSPS) is 15.8. The van der Waals surface area contributed by atoms with Gasteiger partial charge >= 0.3 is 0 Å². The summed E-state index contributed by atoms with van der Waals surface area (Å²) in [5, 5.41) is 54.6. The lowest BCUT2D eigenvalue weighted by molar-refractivity contribution is 0.175. The Morgan fingerprint density at radius 2 is 1.08 bits per heavy atom. The molecule has 0 unspecified atom stereocenters. The van der Waals surface area contributed by atoms with E-state index >= 15 is 0 Å². The largest absolute Gasteiger partial charge is 0.396 e. The number of aliphatic hydroxyl groups excluding tert-OH is 4. The van der Waals surface area contributed by atoms with E-state index in [1.54, 1.807) is 54.7 Å². The first kappa shape index (κ1) is 60.0. The lowest BCUT2D eigenvalue weighted by Gasteiger charge is -2.30. The van der Waals surface area contributed by atoms with Gasteiger partial charge in [-0.2, -0.15) is 5.10 Å². The zero-order valence-corrected chi connectivity index (χ0v) is 49.1. The predicted molar refractivity (Wildman–Crippen MR) is 324 cm³/mol. The van der Waals surface area contributed by atoms with Crippen LogP contribution in [0.3, 0.4) is 0 Å². The lowest BCUT2D eigenvalue weighted by atomic mass is 10.1. The van der Waals surface area contributed by atoms with Crippen molar-refractivity contribution in [3.8, 4) is 5.69 Å². The van der Waals surface area contributed by atoms with E-state index in [1.807, 2.05) is 53.9 Å². The van der Waals surface area contributed by atoms with E-state index in [0.29, 0.717) is 55.5 Å². The van der Waals surface area contributed by atoms with Gasteiger partial charge in [0.2, 0.25) is 0 Å². The molecular weight excluding hydrogens is 1210 g/mol. The molecule has 8 aromatic rings. The number of anilines is 2. The summed E-state index contributed by atoms with van der Waals surface area (Å²) in [7, 11) is 0. The Balaban J connectivity index is 0.000000159. The number of hydrogen-bond donors (Lipinski definition) is 6. The predicted octanol–water partition coefficient (Wildman–Crippen LogP) is 10.1. The molecule has 3 saturated heterocycles. The highest BCUT2D eigenvalue weighted by Crippen LogP contribution is 2.33. The third kappa shape index (κ3) is 18.2. The van der Waals surface area contributed by atoms with Crippen molar-refractivity contribution in [2.45, 2.75) is 76.0 Å². The van der Waals surface area contributed by atoms with Gasteiger partial charge in [0.05, 0.1) is 75.1 Å². The molecule has 6 N–H and O–H groups in total. The third-order valence-corrected chi connectivity index (χ3v) is 17.7. The molecule has 23 heteroatoms. The zero-order chi connectivity index (χ0) is 54.6. The summed E-state index contributed by atoms with van der Waals surface area (Å²) in [6.07, 6.45) is 13.8. The van der Waals surface area contributed by atoms with Crippen LogP contribution in [0.15, 0.2) is 119 Å². The molecule has 78 heavy (non-hydrogen) atoms. The number of aromatic nitrogens is 8. The average molecular weight is 1270 g/mol. The van der Waals surface area contributed by atoms with Gasteiger partial charge in [-0.05, 0) is 132 Å². The molecule has 3 fully saturated rings. The van der Waals surface area contributed by atoms with Crippen LogP contribution < -0.4 is 10.6 Å². The summed E-state index contributed by atoms with van der Waals surface area (Å²) in [4.78, 5) is 31.3. The topological polar surface area (TPSA) is 207 Å². The van der Waals surface area contributed by atoms with Gasteiger partial charge < -0.3 is 40.9 Å². The van der Waals surface area contributed by atoms with Gasteiger partial charge in [-0.15, -0.1) is 35.3 Å². The number of halogens is 4. The molecule has 0 atom stereocenters. The SMILES string of the molecule is Clc1cc2nc(SC3CCNCC3)ccc2cn1.OCCI.OCCN1CCC(Sc2ccc3cnc(Cl)cc3n2)CC1.OCCN1CCC(Sc2ccc3cnc(Nc4ccc(-n5ccc(CO)n5)cc4F)cc3n2)CC1. The van der Waals surface area contributed by atoms with Crippen molar-refractivity contribution in [1.29, 1.82) is 0 Å². The molecular formula is C55H64Cl2FIN12O4S3. The molecule has 3 aliphatic heterocycles. The first-order valence-electron chi connectivity index (χ1n) is 26.0. The molecule has 0 radical (unpaired) electrons. The third-order valence-electron chi connectivity index (χ3n) is 13.0. The second kappa shape index (κ2) is 31.2. The highest BCUT2D eigenvalue weighted by atomic mass is 127. The molecule has 0 bridgehead atoms. The second-order valence-electron chi connectivity index (χ2n) is 18.6. The molecule has 0 spiro atoms. The Morgan fingerprint density at radius 3 is 1.53 bits per heavy atom. The monoisotopic (exact) mass is 1270 g/mol. The fraction of sp³-hybridized carbons (Fsp3) is 0.400. The van der Waals surface area contributed by atoms with Gasteiger partial charge in [-0.1, -0.05) is 45.8 Å². The number of nitrogens with one attached hydrogen (secondary N) is 2. The molecule has 414 valence electrons. The molecule has 16 nitrogen and oxygen atoms in total. The fourth-order valence-electron chi connectivity index (χ4n) is 8.89. The summed E-state index contributed by atoms with van der Waals surface area (Å²) in [6.45, 7) is 8.46. The number of rotatable bonds is 15. The van der Waals surface area contributed by atoms with Gasteiger partial charge in [0, 0.05) is 98.5 Å². The maximum atomic E-state index is 14.8. The van der Waals surface area contributed by atoms with Crippen LogP contribution in [-0.4, -0.2) is 162 Å². The van der Waals surface area contributed by atoms with Crippen LogP contribution in [0.2, 0.25) is 10.3 Å². The summed E-state index contributed by atoms with van der Waals surface area (Å²) >= 11 is 19.4. The fourth-order valence-corrected chi connectivity index (χ4v) is 12.5. The first-order chi connectivity index (χ1) is 38.1. The van der Waals surface area contributed by atoms with Crippen molar-refractivity contribution in [2.75, 3.05) is 81.9 Å². The van der Waals surface area contributed by atoms with Crippen LogP contribution in [0, 0.1) is 5.82 Å². The highest BCUT2D eigenvalue weighted by Gasteiger charge is 2.22. The van der Waals surface area contributed by atoms with E-state index in [2.05, 4.69) is 97.3 Å². The smallest absolute Gasteiger partial charge is 0.148 e. The molecule has 0 aliphatic carbocycles. The van der Waals surface area contributed by atoms with Gasteiger partial charge in [-0.25, -0.2) is 39.0 Å². The van der Waals surface area contributed by atoms with Crippen molar-refractivity contribution in [3.63, 3.8) is 0 Å². The van der Waals surface area contributed by atoms with E-state index in [4.69, 9.17) is 43.5 Å². The Morgan fingerprint density at radius 1 is 0.603 bits per heavy atom. The Kier molecular flexibility index (Phi) is 24.0. The Labute approximate surface area is 490 Å². The van der Waals surface area contributed by atoms with E-state index in [-0.39, 0.29) is 19.8 Å². The zero-order valence-electron chi connectivity index (χ0n) is 43.0. The Bertz CT molecular complexity index is 3150. The number of likely N-dealkylation sites (tertiary alicyclic amines) is 2. The lowest BCUT2D eigenvalue weighted by Crippen LogP contribution is -2.36. The second-order valence-corrected chi connectivity index (χ2v) is 24.4. The van der Waals surface area contributed by atoms with Crippen LogP contribution in [-0.2, 0) is 6.61 Å². The maximum Gasteiger partial charge on any atom is 0.148 e. The summed E-state index contributed by atoms with van der Waals surface area (Å²) in [5.41, 5.74) is 4.01. The molecule has 0 saturated carbocycles. The quantitative estimate of drug-likeness (QED) is 0.0321. The van der Waals surface area contributed by atoms with Crippen molar-refractivity contribution in [1.82, 2.24) is 54.8 Å². The minimum Gasteiger partial charge on any atom is -0.396 e. The average Bonchev–Trinajstić information content (AvgIpc) is 3.96. The molecule has 0 amide bonds. The van der Waals surface area contributed by atoms with Crippen molar-refractivity contribution >= 4 is 125 Å². The molecule has 1 aromatic carbocycles. The number of β-amino-alcohol motifs (C(OH)–C–C–N with tert-alkyl or cyclic N) is 2. The number of fused-ring (bicyclic) bond motifs is 3. The van der Waals surface area contributed by atoms with Crippen LogP contribution in [0.5, 0.6) is 0 Å². The van der Waals surface area contributed by atoms with Crippen LogP contribution in [0.1, 0.15) is 44.2 Å². The van der Waals surface area contributed by atoms with Crippen molar-refractivity contribution in [2.24, 2.45) is 0 Å². The van der Waals surface area contributed by atoms with E-state index < -0.39 is 5.82 Å². The standard InChI is InChI=1S/C25H27FN6O2S.C15H18ClN3OS.C13H14ClN3S.C2H5IO/c26-21-13-19(32-10-5-18(16-34)30-32)2-3-22(21)28-24-14-23-17(15-27-24)1-4-25(29-23)35-20-6-8-31(9-7-20)11-12-33;16-14-9-13-11(10-17-14)1-2-15(18-13)21-12-3-5-19(6-4-12)7-8-20;14-12-7-11-9(8-16-12)1-2-13(17-11)18-10-3-5-15-6-4-10;3-1-2-4/h1-5,10,13-15,20,33-34H,6-9,11-12,16H2,(H,27,28);1-2,9-10,12,20H,3-8H2;1-2,7-8,10,15H,3-6H2;4H,1-2H2. The molecule has 11 rings (SSSR count). The number of alkyl halides is 1. The van der Waals surface area contributed by atoms with E-state index in [0.717, 1.165) is 130 Å². The van der Waals surface area contributed by atoms with Crippen molar-refractivity contribution in [3.05, 3.63) is 125 Å². The summed E-state index contributed by atoms with van der Waals surface area (Å²) in [5.74, 6) is 0.0769. The first-order valence-corrected chi connectivity index (χ1v) is 30.9. The highest BCUT2D eigenvalue weighted by molar-refractivity contribution is 14.1. The van der Waals surface area contributed by atoms with Crippen LogP contribution >= 0.6 is 81.1 Å². The number of piperidine rings is 3. The van der Waals surface area contributed by atoms with Crippen LogP contribution in [0.4, 0.5) is 15.9 Å². The molecule has 10 heterocycles. The number of nitrogens with zero attached hydrogens (tertiary/aromatic N) is 10.